The molecule has 1 aliphatic rings. The van der Waals surface area contributed by atoms with Crippen molar-refractivity contribution in [1.82, 2.24) is 20.4 Å². The lowest BCUT2D eigenvalue weighted by molar-refractivity contribution is -0.176. The summed E-state index contributed by atoms with van der Waals surface area (Å²) in [6.45, 7) is -1.69. The Morgan fingerprint density at radius 1 is 1.11 bits per heavy atom. The molecule has 1 saturated heterocycles. The van der Waals surface area contributed by atoms with E-state index in [4.69, 9.17) is 0 Å². The van der Waals surface area contributed by atoms with Gasteiger partial charge in [0.2, 0.25) is 5.91 Å². The number of halogens is 5. The molecule has 1 aromatic heterocycles. The third kappa shape index (κ3) is 6.56. The highest BCUT2D eigenvalue weighted by Gasteiger charge is 2.27. The first-order valence-corrected chi connectivity index (χ1v) is 10.7. The summed E-state index contributed by atoms with van der Waals surface area (Å²) in [5.74, 6) is -1.57. The van der Waals surface area contributed by atoms with Crippen molar-refractivity contribution in [2.24, 2.45) is 0 Å². The van der Waals surface area contributed by atoms with Crippen molar-refractivity contribution in [3.8, 4) is 16.9 Å². The van der Waals surface area contributed by atoms with Gasteiger partial charge < -0.3 is 20.7 Å². The van der Waals surface area contributed by atoms with Gasteiger partial charge in [-0.25, -0.2) is 18.3 Å². The van der Waals surface area contributed by atoms with Crippen molar-refractivity contribution in [3.05, 3.63) is 65.7 Å². The number of ether oxygens (including phenoxy) is 1. The van der Waals surface area contributed by atoms with Crippen LogP contribution in [0, 0.1) is 11.6 Å². The molecular formula is C23H20F5N5O3. The van der Waals surface area contributed by atoms with Crippen LogP contribution < -0.4 is 16.0 Å². The molecular weight excluding hydrogens is 489 g/mol. The second-order valence-electron chi connectivity index (χ2n) is 8.06. The van der Waals surface area contributed by atoms with E-state index in [2.05, 4.69) is 25.8 Å². The average molecular weight is 509 g/mol. The van der Waals surface area contributed by atoms with Gasteiger partial charge in [0.05, 0.1) is 24.0 Å². The number of carbonyl (C=O) groups is 2. The molecule has 2 aromatic carbocycles. The Bertz CT molecular complexity index is 1260. The van der Waals surface area contributed by atoms with Crippen LogP contribution in [0.25, 0.3) is 16.9 Å². The number of carbonyl (C=O) groups excluding carboxylic acids is 2. The zero-order valence-electron chi connectivity index (χ0n) is 18.5. The Labute approximate surface area is 201 Å². The van der Waals surface area contributed by atoms with E-state index in [0.717, 1.165) is 12.1 Å². The Morgan fingerprint density at radius 3 is 2.53 bits per heavy atom. The maximum Gasteiger partial charge on any atom is 0.411 e. The molecule has 190 valence electrons. The Hall–Kier alpha value is -4.00. The molecule has 3 amide bonds. The number of nitrogens with zero attached hydrogens (tertiary/aromatic N) is 2. The standard InChI is InChI=1S/C23H20F5N5O3/c24-15-1-3-18(4-2-15)33-19(9-20(32-33)31-21(34)8-17-10-29-22(35)30-17)14-5-13(6-16(25)7-14)11-36-12-23(26,27)28/h1-7,9,17H,8,10-12H2,(H2,29,30,35)(H,31,32,34)/t17-/m0/s1. The molecule has 4 rings (SSSR count). The van der Waals surface area contributed by atoms with Gasteiger partial charge in [-0.2, -0.15) is 13.2 Å². The number of amides is 3. The van der Waals surface area contributed by atoms with Crippen molar-refractivity contribution in [2.75, 3.05) is 18.5 Å². The van der Waals surface area contributed by atoms with Gasteiger partial charge in [-0.15, -0.1) is 5.10 Å². The minimum absolute atomic E-state index is 0.0296. The third-order valence-corrected chi connectivity index (χ3v) is 5.11. The van der Waals surface area contributed by atoms with Crippen LogP contribution in [0.3, 0.4) is 0 Å². The number of aromatic nitrogens is 2. The molecule has 0 aliphatic carbocycles. The summed E-state index contributed by atoms with van der Waals surface area (Å²) in [5.41, 5.74) is 1.06. The van der Waals surface area contributed by atoms with Crippen molar-refractivity contribution in [3.63, 3.8) is 0 Å². The number of hydrogen-bond acceptors (Lipinski definition) is 4. The molecule has 0 radical (unpaired) electrons. The number of urea groups is 1. The Balaban J connectivity index is 1.62. The van der Waals surface area contributed by atoms with Crippen LogP contribution in [-0.2, 0) is 16.1 Å². The smallest absolute Gasteiger partial charge is 0.367 e. The number of benzene rings is 2. The zero-order valence-corrected chi connectivity index (χ0v) is 18.5. The molecule has 0 bridgehead atoms. The van der Waals surface area contributed by atoms with Gasteiger partial charge in [0.25, 0.3) is 0 Å². The van der Waals surface area contributed by atoms with Crippen molar-refractivity contribution in [2.45, 2.75) is 25.2 Å². The van der Waals surface area contributed by atoms with Gasteiger partial charge >= 0.3 is 12.2 Å². The first kappa shape index (κ1) is 25.1. The van der Waals surface area contributed by atoms with E-state index in [0.29, 0.717) is 5.69 Å². The highest BCUT2D eigenvalue weighted by atomic mass is 19.4. The minimum atomic E-state index is -4.53. The Morgan fingerprint density at radius 2 is 1.86 bits per heavy atom. The van der Waals surface area contributed by atoms with Crippen molar-refractivity contribution in [1.29, 1.82) is 0 Å². The Kier molecular flexibility index (Phi) is 7.20. The number of hydrogen-bond donors (Lipinski definition) is 3. The lowest BCUT2D eigenvalue weighted by atomic mass is 10.1. The molecule has 1 aliphatic heterocycles. The van der Waals surface area contributed by atoms with Gasteiger partial charge in [-0.1, -0.05) is 0 Å². The first-order valence-electron chi connectivity index (χ1n) is 10.7. The fourth-order valence-corrected chi connectivity index (χ4v) is 3.64. The lowest BCUT2D eigenvalue weighted by Crippen LogP contribution is -2.31. The zero-order chi connectivity index (χ0) is 25.9. The van der Waals surface area contributed by atoms with E-state index in [1.165, 1.54) is 41.1 Å². The van der Waals surface area contributed by atoms with Gasteiger partial charge in [0.1, 0.15) is 18.2 Å². The first-order chi connectivity index (χ1) is 17.1. The second-order valence-corrected chi connectivity index (χ2v) is 8.06. The molecule has 0 unspecified atom stereocenters. The van der Waals surface area contributed by atoms with Gasteiger partial charge in [-0.05, 0) is 48.0 Å². The second kappa shape index (κ2) is 10.3. The maximum atomic E-state index is 14.4. The van der Waals surface area contributed by atoms with Gasteiger partial charge in [0, 0.05) is 24.6 Å². The highest BCUT2D eigenvalue weighted by molar-refractivity contribution is 5.91. The molecule has 3 N–H and O–H groups in total. The molecule has 36 heavy (non-hydrogen) atoms. The van der Waals surface area contributed by atoms with E-state index >= 15 is 0 Å². The number of alkyl halides is 3. The SMILES string of the molecule is O=C(C[C@H]1CNC(=O)N1)Nc1cc(-c2cc(F)cc(COCC(F)(F)F)c2)n(-c2ccc(F)cc2)n1. The third-order valence-electron chi connectivity index (χ3n) is 5.11. The van der Waals surface area contributed by atoms with Crippen LogP contribution in [0.2, 0.25) is 0 Å². The van der Waals surface area contributed by atoms with Crippen LogP contribution in [0.15, 0.2) is 48.5 Å². The van der Waals surface area contributed by atoms with Crippen LogP contribution >= 0.6 is 0 Å². The molecule has 0 spiro atoms. The molecule has 3 aromatic rings. The van der Waals surface area contributed by atoms with E-state index in [1.807, 2.05) is 0 Å². The fourth-order valence-electron chi connectivity index (χ4n) is 3.64. The predicted octanol–water partition coefficient (Wildman–Crippen LogP) is 3.91. The molecule has 1 atom stereocenters. The van der Waals surface area contributed by atoms with Crippen LogP contribution in [0.1, 0.15) is 12.0 Å². The number of rotatable bonds is 8. The highest BCUT2D eigenvalue weighted by Crippen LogP contribution is 2.28. The van der Waals surface area contributed by atoms with Crippen molar-refractivity contribution >= 4 is 17.8 Å². The summed E-state index contributed by atoms with van der Waals surface area (Å²) in [6.07, 6.45) is -4.56. The molecule has 8 nitrogen and oxygen atoms in total. The average Bonchev–Trinajstić information content (AvgIpc) is 3.39. The number of nitrogens with one attached hydrogen (secondary N) is 3. The quantitative estimate of drug-likeness (QED) is 0.401. The lowest BCUT2D eigenvalue weighted by Gasteiger charge is -2.11. The summed E-state index contributed by atoms with van der Waals surface area (Å²) >= 11 is 0. The molecule has 2 heterocycles. The molecule has 0 saturated carbocycles. The normalized spacial score (nSPS) is 15.5. The summed E-state index contributed by atoms with van der Waals surface area (Å²) in [4.78, 5) is 23.7. The summed E-state index contributed by atoms with van der Waals surface area (Å²) < 4.78 is 71.0. The fraction of sp³-hybridized carbons (Fsp3) is 0.261. The van der Waals surface area contributed by atoms with E-state index in [-0.39, 0.29) is 41.6 Å². The van der Waals surface area contributed by atoms with Crippen LogP contribution in [0.4, 0.5) is 32.6 Å². The minimum Gasteiger partial charge on any atom is -0.367 e. The summed E-state index contributed by atoms with van der Waals surface area (Å²) in [5, 5.41) is 12.1. The van der Waals surface area contributed by atoms with Crippen LogP contribution in [-0.4, -0.2) is 47.1 Å². The van der Waals surface area contributed by atoms with Crippen LogP contribution in [0.5, 0.6) is 0 Å². The monoisotopic (exact) mass is 509 g/mol. The van der Waals surface area contributed by atoms with Gasteiger partial charge in [0.15, 0.2) is 5.82 Å². The maximum absolute atomic E-state index is 14.4. The summed E-state index contributed by atoms with van der Waals surface area (Å²) in [6, 6.07) is 9.52. The number of anilines is 1. The summed E-state index contributed by atoms with van der Waals surface area (Å²) in [7, 11) is 0. The van der Waals surface area contributed by atoms with Gasteiger partial charge in [-0.3, -0.25) is 4.79 Å². The predicted molar refractivity (Wildman–Crippen MR) is 118 cm³/mol. The molecule has 13 heteroatoms. The van der Waals surface area contributed by atoms with Crippen molar-refractivity contribution < 1.29 is 36.3 Å². The largest absolute Gasteiger partial charge is 0.411 e. The topological polar surface area (TPSA) is 97.3 Å². The van der Waals surface area contributed by atoms with E-state index < -0.39 is 43.0 Å². The molecule has 1 fully saturated rings. The van der Waals surface area contributed by atoms with E-state index in [1.54, 1.807) is 0 Å². The van der Waals surface area contributed by atoms with E-state index in [9.17, 15) is 31.5 Å².